The average Bonchev–Trinajstić information content (AvgIpc) is 2.29. The molecule has 0 radical (unpaired) electrons. The first-order valence-corrected chi connectivity index (χ1v) is 7.11. The molecule has 3 aliphatic rings. The number of fused-ring (bicyclic) bond motifs is 3. The van der Waals surface area contributed by atoms with Crippen molar-refractivity contribution in [1.82, 2.24) is 4.90 Å². The number of rotatable bonds is 3. The Hall–Kier alpha value is -0.530. The fourth-order valence-corrected chi connectivity index (χ4v) is 4.23. The molecule has 3 saturated carbocycles. The first kappa shape index (κ1) is 12.9. The highest BCUT2D eigenvalue weighted by Gasteiger charge is 2.52. The van der Waals surface area contributed by atoms with E-state index in [0.29, 0.717) is 11.3 Å². The summed E-state index contributed by atoms with van der Waals surface area (Å²) < 4.78 is 0. The highest BCUT2D eigenvalue weighted by Crippen LogP contribution is 2.59. The van der Waals surface area contributed by atoms with E-state index >= 15 is 0 Å². The standard InChI is InChI=1S/C15H27NO/c1-12(2)11-14-5-8-15(9-6-14,10-7-14)13(17)16(3)4/h12H,5-11H2,1-4H3. The van der Waals surface area contributed by atoms with Crippen LogP contribution in [0.5, 0.6) is 0 Å². The second-order valence-corrected chi connectivity index (χ2v) is 7.08. The van der Waals surface area contributed by atoms with Gasteiger partial charge in [0.15, 0.2) is 0 Å². The van der Waals surface area contributed by atoms with Crippen LogP contribution in [-0.4, -0.2) is 24.9 Å². The maximum Gasteiger partial charge on any atom is 0.228 e. The summed E-state index contributed by atoms with van der Waals surface area (Å²) in [5.41, 5.74) is 0.602. The number of carbonyl (C=O) groups is 1. The summed E-state index contributed by atoms with van der Waals surface area (Å²) in [5.74, 6) is 1.18. The Kier molecular flexibility index (Phi) is 3.26. The van der Waals surface area contributed by atoms with Crippen LogP contribution in [0.25, 0.3) is 0 Å². The van der Waals surface area contributed by atoms with Gasteiger partial charge in [-0.3, -0.25) is 4.79 Å². The zero-order valence-corrected chi connectivity index (χ0v) is 11.9. The topological polar surface area (TPSA) is 20.3 Å². The largest absolute Gasteiger partial charge is 0.348 e. The lowest BCUT2D eigenvalue weighted by Gasteiger charge is -2.53. The van der Waals surface area contributed by atoms with Gasteiger partial charge in [-0.15, -0.1) is 0 Å². The fourth-order valence-electron chi connectivity index (χ4n) is 4.23. The molecule has 2 heteroatoms. The number of amides is 1. The lowest BCUT2D eigenvalue weighted by atomic mass is 9.51. The average molecular weight is 237 g/mol. The third-order valence-corrected chi connectivity index (χ3v) is 5.10. The van der Waals surface area contributed by atoms with E-state index in [0.717, 1.165) is 25.2 Å². The van der Waals surface area contributed by atoms with E-state index in [1.807, 2.05) is 14.1 Å². The van der Waals surface area contributed by atoms with Crippen molar-refractivity contribution in [3.05, 3.63) is 0 Å². The van der Waals surface area contributed by atoms with Gasteiger partial charge >= 0.3 is 0 Å². The van der Waals surface area contributed by atoms with Gasteiger partial charge in [0.05, 0.1) is 0 Å². The predicted octanol–water partition coefficient (Wildman–Crippen LogP) is 3.46. The molecule has 0 N–H and O–H groups in total. The third kappa shape index (κ3) is 2.23. The van der Waals surface area contributed by atoms with Gasteiger partial charge in [-0.1, -0.05) is 13.8 Å². The highest BCUT2D eigenvalue weighted by molar-refractivity contribution is 5.82. The molecule has 3 rings (SSSR count). The summed E-state index contributed by atoms with van der Waals surface area (Å²) in [5, 5.41) is 0. The van der Waals surface area contributed by atoms with Crippen molar-refractivity contribution in [3.8, 4) is 0 Å². The van der Waals surface area contributed by atoms with Crippen molar-refractivity contribution in [2.45, 2.75) is 58.8 Å². The number of carbonyl (C=O) groups excluding carboxylic acids is 1. The lowest BCUT2D eigenvalue weighted by Crippen LogP contribution is -2.50. The van der Waals surface area contributed by atoms with Gasteiger partial charge in [0, 0.05) is 19.5 Å². The number of hydrogen-bond donors (Lipinski definition) is 0. The molecule has 0 spiro atoms. The molecular weight excluding hydrogens is 210 g/mol. The van der Waals surface area contributed by atoms with Gasteiger partial charge in [-0.05, 0) is 56.3 Å². The summed E-state index contributed by atoms with van der Waals surface area (Å²) in [7, 11) is 3.81. The van der Waals surface area contributed by atoms with E-state index in [2.05, 4.69) is 13.8 Å². The van der Waals surface area contributed by atoms with Crippen LogP contribution in [0, 0.1) is 16.7 Å². The third-order valence-electron chi connectivity index (χ3n) is 5.10. The van der Waals surface area contributed by atoms with E-state index in [-0.39, 0.29) is 5.41 Å². The summed E-state index contributed by atoms with van der Waals surface area (Å²) in [6, 6.07) is 0. The van der Waals surface area contributed by atoms with Crippen LogP contribution in [0.4, 0.5) is 0 Å². The van der Waals surface area contributed by atoms with Gasteiger partial charge < -0.3 is 4.90 Å². The molecule has 2 bridgehead atoms. The van der Waals surface area contributed by atoms with Gasteiger partial charge in [-0.2, -0.15) is 0 Å². The second-order valence-electron chi connectivity index (χ2n) is 7.08. The maximum atomic E-state index is 12.3. The number of hydrogen-bond acceptors (Lipinski definition) is 1. The van der Waals surface area contributed by atoms with Crippen LogP contribution >= 0.6 is 0 Å². The molecule has 3 fully saturated rings. The van der Waals surface area contributed by atoms with E-state index in [9.17, 15) is 4.79 Å². The van der Waals surface area contributed by atoms with Crippen molar-refractivity contribution >= 4 is 5.91 Å². The first-order valence-electron chi connectivity index (χ1n) is 7.11. The minimum atomic E-state index is 0.0161. The molecule has 0 aromatic rings. The van der Waals surface area contributed by atoms with E-state index in [4.69, 9.17) is 0 Å². The van der Waals surface area contributed by atoms with Crippen molar-refractivity contribution in [2.24, 2.45) is 16.7 Å². The van der Waals surface area contributed by atoms with E-state index in [1.165, 1.54) is 25.7 Å². The maximum absolute atomic E-state index is 12.3. The number of nitrogens with zero attached hydrogens (tertiary/aromatic N) is 1. The zero-order valence-electron chi connectivity index (χ0n) is 11.9. The molecule has 0 atom stereocenters. The molecule has 0 aromatic carbocycles. The Morgan fingerprint density at radius 1 is 1.06 bits per heavy atom. The second kappa shape index (κ2) is 4.29. The van der Waals surface area contributed by atoms with Crippen LogP contribution in [0.1, 0.15) is 58.8 Å². The monoisotopic (exact) mass is 237 g/mol. The minimum absolute atomic E-state index is 0.0161. The quantitative estimate of drug-likeness (QED) is 0.736. The summed E-state index contributed by atoms with van der Waals surface area (Å²) >= 11 is 0. The molecule has 17 heavy (non-hydrogen) atoms. The zero-order chi connectivity index (χ0) is 12.7. The summed E-state index contributed by atoms with van der Waals surface area (Å²) in [6.45, 7) is 4.66. The van der Waals surface area contributed by atoms with Gasteiger partial charge in [0.1, 0.15) is 0 Å². The normalized spacial score (nSPS) is 36.3. The Morgan fingerprint density at radius 3 is 1.88 bits per heavy atom. The Labute approximate surface area is 106 Å². The molecule has 98 valence electrons. The Morgan fingerprint density at radius 2 is 1.53 bits per heavy atom. The molecule has 0 aromatic heterocycles. The van der Waals surface area contributed by atoms with Gasteiger partial charge in [-0.25, -0.2) is 0 Å². The van der Waals surface area contributed by atoms with Gasteiger partial charge in [0.25, 0.3) is 0 Å². The van der Waals surface area contributed by atoms with Gasteiger partial charge in [0.2, 0.25) is 5.91 Å². The smallest absolute Gasteiger partial charge is 0.228 e. The fraction of sp³-hybridized carbons (Fsp3) is 0.933. The highest BCUT2D eigenvalue weighted by atomic mass is 16.2. The molecule has 2 nitrogen and oxygen atoms in total. The SMILES string of the molecule is CC(C)CC12CCC(C(=O)N(C)C)(CC1)CC2. The molecule has 0 aliphatic heterocycles. The van der Waals surface area contributed by atoms with Crippen LogP contribution in [-0.2, 0) is 4.79 Å². The van der Waals surface area contributed by atoms with Crippen molar-refractivity contribution in [1.29, 1.82) is 0 Å². The lowest BCUT2D eigenvalue weighted by molar-refractivity contribution is -0.149. The van der Waals surface area contributed by atoms with Crippen LogP contribution in [0.15, 0.2) is 0 Å². The molecule has 3 aliphatic carbocycles. The predicted molar refractivity (Wildman–Crippen MR) is 70.7 cm³/mol. The van der Waals surface area contributed by atoms with E-state index < -0.39 is 0 Å². The van der Waals surface area contributed by atoms with Crippen LogP contribution in [0.3, 0.4) is 0 Å². The molecular formula is C15H27NO. The Bertz CT molecular complexity index is 282. The van der Waals surface area contributed by atoms with Crippen molar-refractivity contribution in [3.63, 3.8) is 0 Å². The minimum Gasteiger partial charge on any atom is -0.348 e. The van der Waals surface area contributed by atoms with Crippen molar-refractivity contribution in [2.75, 3.05) is 14.1 Å². The first-order chi connectivity index (χ1) is 7.89. The Balaban J connectivity index is 2.07. The van der Waals surface area contributed by atoms with E-state index in [1.54, 1.807) is 4.90 Å². The molecule has 0 unspecified atom stereocenters. The van der Waals surface area contributed by atoms with Crippen LogP contribution in [0.2, 0.25) is 0 Å². The van der Waals surface area contributed by atoms with Crippen LogP contribution < -0.4 is 0 Å². The summed E-state index contributed by atoms with van der Waals surface area (Å²) in [4.78, 5) is 14.1. The summed E-state index contributed by atoms with van der Waals surface area (Å²) in [6.07, 6.45) is 8.61. The van der Waals surface area contributed by atoms with Crippen molar-refractivity contribution < 1.29 is 4.79 Å². The molecule has 0 heterocycles. The molecule has 1 amide bonds. The molecule has 0 saturated heterocycles.